The van der Waals surface area contributed by atoms with E-state index < -0.39 is 20.0 Å². The van der Waals surface area contributed by atoms with Crippen molar-refractivity contribution in [3.63, 3.8) is 0 Å². The smallest absolute Gasteiger partial charge is 0.286 e. The molecule has 1 aliphatic carbocycles. The fourth-order valence-electron chi connectivity index (χ4n) is 3.43. The number of para-hydroxylation sites is 2. The van der Waals surface area contributed by atoms with Crippen molar-refractivity contribution in [2.45, 2.75) is 41.9 Å². The van der Waals surface area contributed by atoms with Crippen LogP contribution in [-0.2, 0) is 20.0 Å². The molecule has 2 aromatic carbocycles. The summed E-state index contributed by atoms with van der Waals surface area (Å²) in [6.07, 6.45) is 5.63. The molecule has 0 unspecified atom stereocenters. The number of nitrogens with one attached hydrogen (secondary N) is 1. The van der Waals surface area contributed by atoms with Crippen molar-refractivity contribution in [3.8, 4) is 0 Å². The second-order valence-electron chi connectivity index (χ2n) is 6.99. The Balaban J connectivity index is 0.000000188. The summed E-state index contributed by atoms with van der Waals surface area (Å²) in [5.74, 6) is 0.898. The standard InChI is InChI=1S/C13H16N2O2S.C6H8N2O2S/c16-18(17)12-9-5-4-8-11(12)14-13(15-18)10-6-2-1-3-7-10;7-5-3-1-2-4-6(5)11(8,9)10/h4-5,8-10H,1-3,6-7H2,(H,14,15);1-4H,7H2,(H2,8,9,10). The van der Waals surface area contributed by atoms with Crippen LogP contribution in [0.1, 0.15) is 32.1 Å². The minimum Gasteiger partial charge on any atom is -0.398 e. The lowest BCUT2D eigenvalue weighted by Gasteiger charge is -2.27. The van der Waals surface area contributed by atoms with Crippen molar-refractivity contribution >= 4 is 37.3 Å². The van der Waals surface area contributed by atoms with E-state index >= 15 is 0 Å². The number of rotatable bonds is 2. The summed E-state index contributed by atoms with van der Waals surface area (Å²) in [6, 6.07) is 13.0. The highest BCUT2D eigenvalue weighted by Crippen LogP contribution is 2.32. The molecule has 0 amide bonds. The van der Waals surface area contributed by atoms with E-state index in [0.29, 0.717) is 11.5 Å². The van der Waals surface area contributed by atoms with Gasteiger partial charge < -0.3 is 11.1 Å². The molecule has 5 N–H and O–H groups in total. The first-order valence-corrected chi connectivity index (χ1v) is 12.3. The van der Waals surface area contributed by atoms with Crippen molar-refractivity contribution < 1.29 is 16.8 Å². The van der Waals surface area contributed by atoms with Crippen LogP contribution in [0.3, 0.4) is 0 Å². The Morgan fingerprint density at radius 2 is 1.59 bits per heavy atom. The lowest BCUT2D eigenvalue weighted by Crippen LogP contribution is -2.29. The fourth-order valence-corrected chi connectivity index (χ4v) is 5.29. The Bertz CT molecular complexity index is 1120. The molecule has 0 saturated heterocycles. The summed E-state index contributed by atoms with van der Waals surface area (Å²) in [5, 5.41) is 8.04. The van der Waals surface area contributed by atoms with Gasteiger partial charge in [-0.05, 0) is 37.1 Å². The van der Waals surface area contributed by atoms with Crippen LogP contribution in [0.25, 0.3) is 0 Å². The van der Waals surface area contributed by atoms with Crippen LogP contribution in [0.5, 0.6) is 0 Å². The normalized spacial score (nSPS) is 18.4. The van der Waals surface area contributed by atoms with Crippen LogP contribution in [-0.4, -0.2) is 22.7 Å². The number of nitrogens with zero attached hydrogens (tertiary/aromatic N) is 1. The molecule has 0 aromatic heterocycles. The number of fused-ring (bicyclic) bond motifs is 1. The maximum atomic E-state index is 12.1. The zero-order chi connectivity index (χ0) is 21.1. The van der Waals surface area contributed by atoms with E-state index in [1.807, 2.05) is 6.07 Å². The van der Waals surface area contributed by atoms with Crippen LogP contribution in [0.4, 0.5) is 11.4 Å². The lowest BCUT2D eigenvalue weighted by atomic mass is 9.88. The molecular formula is C19H24N4O4S2. The molecule has 10 heteroatoms. The van der Waals surface area contributed by atoms with Crippen molar-refractivity contribution in [2.24, 2.45) is 15.5 Å². The number of primary sulfonamides is 1. The molecule has 2 aromatic rings. The number of anilines is 2. The topological polar surface area (TPSA) is 145 Å². The highest BCUT2D eigenvalue weighted by atomic mass is 32.2. The van der Waals surface area contributed by atoms with Gasteiger partial charge in [-0.2, -0.15) is 8.42 Å². The molecule has 0 spiro atoms. The number of hydrogen-bond acceptors (Lipinski definition) is 6. The number of amidine groups is 1. The average molecular weight is 437 g/mol. The summed E-state index contributed by atoms with van der Waals surface area (Å²) in [7, 11) is -7.17. The predicted molar refractivity (Wildman–Crippen MR) is 113 cm³/mol. The summed E-state index contributed by atoms with van der Waals surface area (Å²) >= 11 is 0. The number of nitrogen functional groups attached to an aromatic ring is 1. The monoisotopic (exact) mass is 436 g/mol. The highest BCUT2D eigenvalue weighted by molar-refractivity contribution is 7.90. The molecule has 1 heterocycles. The average Bonchev–Trinajstić information content (AvgIpc) is 2.68. The second-order valence-corrected chi connectivity index (χ2v) is 10.1. The second kappa shape index (κ2) is 8.52. The van der Waals surface area contributed by atoms with E-state index in [9.17, 15) is 16.8 Å². The summed E-state index contributed by atoms with van der Waals surface area (Å²) in [6.45, 7) is 0. The first-order chi connectivity index (χ1) is 13.7. The molecule has 156 valence electrons. The van der Waals surface area contributed by atoms with Gasteiger partial charge in [-0.25, -0.2) is 13.6 Å². The maximum absolute atomic E-state index is 12.1. The zero-order valence-electron chi connectivity index (χ0n) is 15.8. The van der Waals surface area contributed by atoms with Crippen molar-refractivity contribution in [1.82, 2.24) is 0 Å². The lowest BCUT2D eigenvalue weighted by molar-refractivity contribution is 0.439. The third-order valence-electron chi connectivity index (χ3n) is 4.86. The minimum atomic E-state index is -3.66. The quantitative estimate of drug-likeness (QED) is 0.617. The molecule has 0 bridgehead atoms. The Kier molecular flexibility index (Phi) is 6.25. The zero-order valence-corrected chi connectivity index (χ0v) is 17.4. The van der Waals surface area contributed by atoms with Gasteiger partial charge in [0.2, 0.25) is 10.0 Å². The fraction of sp³-hybridized carbons (Fsp3) is 0.316. The van der Waals surface area contributed by atoms with Crippen LogP contribution in [0.15, 0.2) is 62.7 Å². The van der Waals surface area contributed by atoms with Gasteiger partial charge in [0.05, 0.1) is 11.4 Å². The molecule has 2 aliphatic rings. The van der Waals surface area contributed by atoms with E-state index in [1.54, 1.807) is 30.3 Å². The molecule has 0 atom stereocenters. The summed E-state index contributed by atoms with van der Waals surface area (Å²) in [5.41, 5.74) is 6.18. The van der Waals surface area contributed by atoms with Gasteiger partial charge in [0.1, 0.15) is 15.6 Å². The molecule has 29 heavy (non-hydrogen) atoms. The van der Waals surface area contributed by atoms with Gasteiger partial charge in [-0.1, -0.05) is 43.5 Å². The van der Waals surface area contributed by atoms with E-state index in [0.717, 1.165) is 25.7 Å². The van der Waals surface area contributed by atoms with Crippen LogP contribution in [0.2, 0.25) is 0 Å². The van der Waals surface area contributed by atoms with Gasteiger partial charge in [-0.3, -0.25) is 0 Å². The van der Waals surface area contributed by atoms with Gasteiger partial charge in [-0.15, -0.1) is 4.40 Å². The molecule has 0 radical (unpaired) electrons. The Morgan fingerprint density at radius 3 is 2.21 bits per heavy atom. The van der Waals surface area contributed by atoms with E-state index in [4.69, 9.17) is 10.9 Å². The Labute approximate surface area is 171 Å². The first kappa shape index (κ1) is 21.3. The van der Waals surface area contributed by atoms with Gasteiger partial charge in [0, 0.05) is 5.92 Å². The van der Waals surface area contributed by atoms with E-state index in [2.05, 4.69) is 9.71 Å². The number of hydrogen-bond donors (Lipinski definition) is 3. The maximum Gasteiger partial charge on any atom is 0.286 e. The van der Waals surface area contributed by atoms with Crippen LogP contribution >= 0.6 is 0 Å². The number of sulfonamides is 2. The first-order valence-electron chi connectivity index (χ1n) is 9.27. The summed E-state index contributed by atoms with van der Waals surface area (Å²) < 4.78 is 49.7. The van der Waals surface area contributed by atoms with Gasteiger partial charge in [0.15, 0.2) is 0 Å². The number of nitrogens with two attached hydrogens (primary N) is 2. The Morgan fingerprint density at radius 1 is 0.966 bits per heavy atom. The van der Waals surface area contributed by atoms with Gasteiger partial charge >= 0.3 is 0 Å². The predicted octanol–water partition coefficient (Wildman–Crippen LogP) is 2.70. The molecule has 8 nitrogen and oxygen atoms in total. The number of benzene rings is 2. The molecule has 4 rings (SSSR count). The third-order valence-corrected chi connectivity index (χ3v) is 7.20. The van der Waals surface area contributed by atoms with Crippen LogP contribution in [0, 0.1) is 5.92 Å². The molecule has 1 fully saturated rings. The molecule has 1 aliphatic heterocycles. The minimum absolute atomic E-state index is 0.0278. The van der Waals surface area contributed by atoms with E-state index in [1.165, 1.54) is 18.6 Å². The largest absolute Gasteiger partial charge is 0.398 e. The van der Waals surface area contributed by atoms with Gasteiger partial charge in [0.25, 0.3) is 10.0 Å². The Hall–Kier alpha value is -2.43. The van der Waals surface area contributed by atoms with Crippen molar-refractivity contribution in [1.29, 1.82) is 0 Å². The van der Waals surface area contributed by atoms with E-state index in [-0.39, 0.29) is 21.4 Å². The van der Waals surface area contributed by atoms with Crippen molar-refractivity contribution in [3.05, 3.63) is 48.5 Å². The van der Waals surface area contributed by atoms with Crippen molar-refractivity contribution in [2.75, 3.05) is 11.1 Å². The summed E-state index contributed by atoms with van der Waals surface area (Å²) in [4.78, 5) is 0.254. The molecule has 1 saturated carbocycles. The van der Waals surface area contributed by atoms with Crippen LogP contribution < -0.4 is 16.2 Å². The highest BCUT2D eigenvalue weighted by Gasteiger charge is 2.29. The molecular weight excluding hydrogens is 412 g/mol. The third kappa shape index (κ3) is 5.14. The SMILES string of the molecule is Nc1ccccc1S(N)(=O)=O.O=S1(=O)N=C(C2CCCCC2)Nc2ccccc21.